The Morgan fingerprint density at radius 3 is 2.50 bits per heavy atom. The topological polar surface area (TPSA) is 117 Å². The molecule has 0 saturated heterocycles. The summed E-state index contributed by atoms with van der Waals surface area (Å²) in [7, 11) is -2.75. The molecule has 2 heterocycles. The number of aromatic nitrogens is 2. The molecule has 1 N–H and O–H groups in total. The van der Waals surface area contributed by atoms with Crippen molar-refractivity contribution < 1.29 is 31.8 Å². The summed E-state index contributed by atoms with van der Waals surface area (Å²) >= 11 is 0. The lowest BCUT2D eigenvalue weighted by molar-refractivity contribution is 0.0738. The number of carbonyl (C=O) groups is 1. The molecule has 0 saturated carbocycles. The predicted octanol–water partition coefficient (Wildman–Crippen LogP) is 4.55. The Hall–Kier alpha value is -3.57. The molecular formula is C27H32FN3O6S. The van der Waals surface area contributed by atoms with Gasteiger partial charge in [0.2, 0.25) is 5.88 Å². The molecule has 0 fully saturated rings. The van der Waals surface area contributed by atoms with E-state index in [1.165, 1.54) is 43.5 Å². The van der Waals surface area contributed by atoms with Gasteiger partial charge in [0.15, 0.2) is 5.03 Å². The normalized spacial score (nSPS) is 12.3. The van der Waals surface area contributed by atoms with E-state index < -0.39 is 27.9 Å². The second kappa shape index (κ2) is 12.8. The second-order valence-corrected chi connectivity index (χ2v) is 10.7. The van der Waals surface area contributed by atoms with Gasteiger partial charge in [0.05, 0.1) is 18.9 Å². The van der Waals surface area contributed by atoms with Crippen molar-refractivity contribution in [3.63, 3.8) is 0 Å². The van der Waals surface area contributed by atoms with Crippen molar-refractivity contribution in [2.24, 2.45) is 5.92 Å². The summed E-state index contributed by atoms with van der Waals surface area (Å²) in [5.74, 6) is -1.01. The van der Waals surface area contributed by atoms with Crippen LogP contribution in [0.5, 0.6) is 11.6 Å². The van der Waals surface area contributed by atoms with Crippen molar-refractivity contribution in [3.05, 3.63) is 65.6 Å². The van der Waals surface area contributed by atoms with Crippen molar-refractivity contribution in [2.45, 2.75) is 45.2 Å². The first kappa shape index (κ1) is 29.0. The molecule has 0 spiro atoms. The molecule has 0 aliphatic rings. The summed E-state index contributed by atoms with van der Waals surface area (Å²) in [5.41, 5.74) is 1.07. The average Bonchev–Trinajstić information content (AvgIpc) is 2.86. The minimum Gasteiger partial charge on any atom is -0.493 e. The molecule has 1 amide bonds. The summed E-state index contributed by atoms with van der Waals surface area (Å²) in [4.78, 5) is 21.6. The Balaban J connectivity index is 2.00. The number of hydrogen-bond acceptors (Lipinski definition) is 8. The van der Waals surface area contributed by atoms with E-state index in [2.05, 4.69) is 9.97 Å². The Morgan fingerprint density at radius 1 is 1.08 bits per heavy atom. The van der Waals surface area contributed by atoms with Gasteiger partial charge in [0.1, 0.15) is 23.2 Å². The van der Waals surface area contributed by atoms with Gasteiger partial charge in [-0.05, 0) is 55.7 Å². The minimum absolute atomic E-state index is 0.118. The van der Waals surface area contributed by atoms with Gasteiger partial charge in [0, 0.05) is 24.4 Å². The van der Waals surface area contributed by atoms with Gasteiger partial charge in [-0.1, -0.05) is 26.8 Å². The van der Waals surface area contributed by atoms with E-state index in [0.717, 1.165) is 0 Å². The number of ether oxygens (including phenoxy) is 3. The largest absolute Gasteiger partial charge is 0.493 e. The molecule has 11 heteroatoms. The van der Waals surface area contributed by atoms with Crippen LogP contribution >= 0.6 is 0 Å². The summed E-state index contributed by atoms with van der Waals surface area (Å²) in [6.45, 7) is 8.09. The highest BCUT2D eigenvalue weighted by Crippen LogP contribution is 2.29. The summed E-state index contributed by atoms with van der Waals surface area (Å²) in [5, 5.41) is -0.294. The molecule has 1 atom stereocenters. The third-order valence-corrected chi connectivity index (χ3v) is 6.54. The zero-order valence-corrected chi connectivity index (χ0v) is 22.8. The number of halogens is 1. The third-order valence-electron chi connectivity index (χ3n) is 5.31. The Morgan fingerprint density at radius 2 is 1.84 bits per heavy atom. The standard InChI is InChI=1S/C27H32FN3O6S/c1-6-21(16-35-5)37-27-23(26(32)31-38(33,34)25-9-7-8-18(4)29-25)10-11-24(30-27)19-12-20(28)14-22(13-19)36-15-17(2)3/h7-14,17,21H,6,15-16H2,1-5H3,(H,31,32). The summed E-state index contributed by atoms with van der Waals surface area (Å²) in [6.07, 6.45) is 0.0567. The molecule has 9 nitrogen and oxygen atoms in total. The van der Waals surface area contributed by atoms with Crippen LogP contribution in [0.3, 0.4) is 0 Å². The van der Waals surface area contributed by atoms with Crippen LogP contribution in [0.25, 0.3) is 11.3 Å². The van der Waals surface area contributed by atoms with Crippen molar-refractivity contribution in [1.29, 1.82) is 0 Å². The average molecular weight is 546 g/mol. The number of pyridine rings is 2. The molecule has 3 rings (SSSR count). The van der Waals surface area contributed by atoms with Crippen LogP contribution in [0, 0.1) is 18.7 Å². The van der Waals surface area contributed by atoms with Gasteiger partial charge >= 0.3 is 0 Å². The lowest BCUT2D eigenvalue weighted by atomic mass is 10.1. The first-order valence-corrected chi connectivity index (χ1v) is 13.6. The number of carbonyl (C=O) groups excluding carboxylic acids is 1. The summed E-state index contributed by atoms with van der Waals surface area (Å²) in [6, 6.07) is 11.5. The predicted molar refractivity (Wildman–Crippen MR) is 140 cm³/mol. The number of amides is 1. The zero-order valence-electron chi connectivity index (χ0n) is 22.0. The number of benzene rings is 1. The van der Waals surface area contributed by atoms with E-state index in [-0.39, 0.29) is 29.0 Å². The monoisotopic (exact) mass is 545 g/mol. The number of hydrogen-bond donors (Lipinski definition) is 1. The number of sulfonamides is 1. The number of nitrogens with zero attached hydrogens (tertiary/aromatic N) is 2. The van der Waals surface area contributed by atoms with E-state index in [0.29, 0.717) is 35.7 Å². The van der Waals surface area contributed by atoms with Crippen LogP contribution in [0.4, 0.5) is 4.39 Å². The van der Waals surface area contributed by atoms with E-state index in [9.17, 15) is 17.6 Å². The fourth-order valence-corrected chi connectivity index (χ4v) is 4.38. The van der Waals surface area contributed by atoms with Crippen LogP contribution in [0.15, 0.2) is 53.6 Å². The van der Waals surface area contributed by atoms with Gasteiger partial charge in [-0.25, -0.2) is 19.1 Å². The van der Waals surface area contributed by atoms with Gasteiger partial charge in [0.25, 0.3) is 15.9 Å². The van der Waals surface area contributed by atoms with Gasteiger partial charge in [-0.15, -0.1) is 0 Å². The third kappa shape index (κ3) is 7.72. The molecule has 1 aromatic carbocycles. The number of methoxy groups -OCH3 is 1. The Kier molecular flexibility index (Phi) is 9.76. The van der Waals surface area contributed by atoms with Crippen LogP contribution in [-0.4, -0.2) is 50.7 Å². The SMILES string of the molecule is CCC(COC)Oc1nc(-c2cc(F)cc(OCC(C)C)c2)ccc1C(=O)NS(=O)(=O)c1cccc(C)n1. The van der Waals surface area contributed by atoms with Crippen LogP contribution in [0.2, 0.25) is 0 Å². The number of rotatable bonds is 12. The van der Waals surface area contributed by atoms with Crippen LogP contribution in [0.1, 0.15) is 43.2 Å². The van der Waals surface area contributed by atoms with Gasteiger partial charge in [-0.2, -0.15) is 8.42 Å². The van der Waals surface area contributed by atoms with Crippen molar-refractivity contribution in [3.8, 4) is 22.9 Å². The molecule has 0 aliphatic carbocycles. The highest BCUT2D eigenvalue weighted by atomic mass is 32.2. The highest BCUT2D eigenvalue weighted by Gasteiger charge is 2.25. The first-order valence-electron chi connectivity index (χ1n) is 12.1. The molecule has 204 valence electrons. The van der Waals surface area contributed by atoms with E-state index in [1.807, 2.05) is 25.5 Å². The number of nitrogens with one attached hydrogen (secondary N) is 1. The maximum absolute atomic E-state index is 14.4. The van der Waals surface area contributed by atoms with Crippen molar-refractivity contribution in [1.82, 2.24) is 14.7 Å². The lowest BCUT2D eigenvalue weighted by Crippen LogP contribution is -2.32. The molecule has 1 unspecified atom stereocenters. The molecule has 3 aromatic rings. The maximum Gasteiger partial charge on any atom is 0.281 e. The number of aryl methyl sites for hydroxylation is 1. The molecule has 2 aromatic heterocycles. The second-order valence-electron chi connectivity index (χ2n) is 9.08. The van der Waals surface area contributed by atoms with Gasteiger partial charge < -0.3 is 14.2 Å². The highest BCUT2D eigenvalue weighted by molar-refractivity contribution is 7.90. The van der Waals surface area contributed by atoms with Crippen LogP contribution < -0.4 is 14.2 Å². The molecular weight excluding hydrogens is 513 g/mol. The smallest absolute Gasteiger partial charge is 0.281 e. The Bertz CT molecular complexity index is 1380. The van der Waals surface area contributed by atoms with E-state index in [1.54, 1.807) is 19.1 Å². The molecule has 38 heavy (non-hydrogen) atoms. The zero-order chi connectivity index (χ0) is 27.9. The maximum atomic E-state index is 14.4. The van der Waals surface area contributed by atoms with Crippen molar-refractivity contribution in [2.75, 3.05) is 20.3 Å². The van der Waals surface area contributed by atoms with Crippen LogP contribution in [-0.2, 0) is 14.8 Å². The summed E-state index contributed by atoms with van der Waals surface area (Å²) < 4.78 is 58.8. The van der Waals surface area contributed by atoms with E-state index in [4.69, 9.17) is 14.2 Å². The molecule has 0 radical (unpaired) electrons. The minimum atomic E-state index is -4.26. The lowest BCUT2D eigenvalue weighted by Gasteiger charge is -2.19. The Labute approximate surface area is 222 Å². The molecule has 0 aliphatic heterocycles. The van der Waals surface area contributed by atoms with E-state index >= 15 is 0 Å². The fourth-order valence-electron chi connectivity index (χ4n) is 3.40. The molecule has 0 bridgehead atoms. The first-order chi connectivity index (χ1) is 18.0. The van der Waals surface area contributed by atoms with Gasteiger partial charge in [-0.3, -0.25) is 4.79 Å². The van der Waals surface area contributed by atoms with Crippen molar-refractivity contribution >= 4 is 15.9 Å². The fraction of sp³-hybridized carbons (Fsp3) is 0.370. The quantitative estimate of drug-likeness (QED) is 0.352.